The fourth-order valence-electron chi connectivity index (χ4n) is 4.21. The lowest BCUT2D eigenvalue weighted by molar-refractivity contribution is -0.133. The van der Waals surface area contributed by atoms with Gasteiger partial charge in [-0.15, -0.1) is 0 Å². The highest BCUT2D eigenvalue weighted by Gasteiger charge is 2.27. The van der Waals surface area contributed by atoms with Crippen LogP contribution >= 0.6 is 0 Å². The van der Waals surface area contributed by atoms with Crippen LogP contribution in [-0.4, -0.2) is 62.1 Å². The minimum Gasteiger partial charge on any atom is -0.383 e. The summed E-state index contributed by atoms with van der Waals surface area (Å²) >= 11 is 0. The van der Waals surface area contributed by atoms with E-state index in [1.54, 1.807) is 12.1 Å². The Hall–Kier alpha value is -1.60. The number of carbonyl (C=O) groups excluding carboxylic acids is 1. The minimum absolute atomic E-state index is 0.259. The van der Waals surface area contributed by atoms with Crippen LogP contribution < -0.4 is 4.18 Å². The van der Waals surface area contributed by atoms with Gasteiger partial charge in [0.1, 0.15) is 5.75 Å². The standard InChI is InChI=1S/C23H38N2O4S/c1-5-15-24(18-21(6-2)25-16-9-7-8-10-23(25)26)19(3)17-20-11-13-22(14-12-20)29-30(4,27)28/h11-14,19,21H,5-10,15-18H2,1-4H3. The molecule has 1 aliphatic heterocycles. The molecule has 1 aromatic rings. The molecule has 1 fully saturated rings. The van der Waals surface area contributed by atoms with E-state index >= 15 is 0 Å². The highest BCUT2D eigenvalue weighted by atomic mass is 32.2. The van der Waals surface area contributed by atoms with Gasteiger partial charge in [0.2, 0.25) is 5.91 Å². The van der Waals surface area contributed by atoms with Crippen LogP contribution in [0.2, 0.25) is 0 Å². The van der Waals surface area contributed by atoms with Crippen LogP contribution in [0.4, 0.5) is 0 Å². The van der Waals surface area contributed by atoms with Gasteiger partial charge in [-0.05, 0) is 63.3 Å². The second kappa shape index (κ2) is 11.7. The third-order valence-electron chi connectivity index (χ3n) is 5.80. The molecule has 1 aliphatic rings. The quantitative estimate of drug-likeness (QED) is 0.491. The summed E-state index contributed by atoms with van der Waals surface area (Å²) in [4.78, 5) is 17.2. The van der Waals surface area contributed by atoms with E-state index < -0.39 is 10.1 Å². The molecule has 0 aliphatic carbocycles. The van der Waals surface area contributed by atoms with E-state index in [0.29, 0.717) is 24.1 Å². The molecule has 0 saturated carbocycles. The summed E-state index contributed by atoms with van der Waals surface area (Å²) < 4.78 is 27.5. The molecule has 1 heterocycles. The molecular formula is C23H38N2O4S. The summed E-state index contributed by atoms with van der Waals surface area (Å²) in [5.74, 6) is 0.648. The summed E-state index contributed by atoms with van der Waals surface area (Å²) in [5, 5.41) is 0. The van der Waals surface area contributed by atoms with Crippen molar-refractivity contribution in [1.82, 2.24) is 9.80 Å². The fourth-order valence-corrected chi connectivity index (χ4v) is 4.67. The van der Waals surface area contributed by atoms with Crippen LogP contribution in [0, 0.1) is 0 Å². The molecule has 2 rings (SSSR count). The Balaban J connectivity index is 2.03. The second-order valence-electron chi connectivity index (χ2n) is 8.44. The summed E-state index contributed by atoms with van der Waals surface area (Å²) in [7, 11) is -3.51. The number of likely N-dealkylation sites (tertiary alicyclic amines) is 1. The molecule has 1 amide bonds. The average molecular weight is 439 g/mol. The molecule has 30 heavy (non-hydrogen) atoms. The predicted octanol–water partition coefficient (Wildman–Crippen LogP) is 3.85. The summed E-state index contributed by atoms with van der Waals surface area (Å²) in [6.45, 7) is 9.37. The van der Waals surface area contributed by atoms with Gasteiger partial charge in [-0.3, -0.25) is 9.69 Å². The molecule has 170 valence electrons. The van der Waals surface area contributed by atoms with Gasteiger partial charge >= 0.3 is 10.1 Å². The second-order valence-corrected chi connectivity index (χ2v) is 10.0. The van der Waals surface area contributed by atoms with Crippen molar-refractivity contribution >= 4 is 16.0 Å². The first-order valence-corrected chi connectivity index (χ1v) is 13.1. The Morgan fingerprint density at radius 1 is 1.13 bits per heavy atom. The number of hydrogen-bond acceptors (Lipinski definition) is 5. The first kappa shape index (κ1) is 24.7. The third kappa shape index (κ3) is 7.91. The molecule has 0 bridgehead atoms. The lowest BCUT2D eigenvalue weighted by atomic mass is 10.0. The molecule has 2 unspecified atom stereocenters. The van der Waals surface area contributed by atoms with E-state index in [-0.39, 0.29) is 6.04 Å². The Morgan fingerprint density at radius 2 is 1.83 bits per heavy atom. The van der Waals surface area contributed by atoms with Crippen LogP contribution in [-0.2, 0) is 21.3 Å². The SMILES string of the molecule is CCCN(CC(CC)N1CCCCCC1=O)C(C)Cc1ccc(OS(C)(=O)=O)cc1. The van der Waals surface area contributed by atoms with Gasteiger partial charge in [-0.1, -0.05) is 32.4 Å². The zero-order valence-electron chi connectivity index (χ0n) is 19.0. The van der Waals surface area contributed by atoms with Gasteiger partial charge in [-0.2, -0.15) is 8.42 Å². The van der Waals surface area contributed by atoms with Crippen LogP contribution in [0.3, 0.4) is 0 Å². The van der Waals surface area contributed by atoms with Crippen LogP contribution in [0.1, 0.15) is 64.9 Å². The highest BCUT2D eigenvalue weighted by molar-refractivity contribution is 7.86. The summed E-state index contributed by atoms with van der Waals surface area (Å²) in [6.07, 6.45) is 7.89. The van der Waals surface area contributed by atoms with Crippen molar-refractivity contribution in [2.24, 2.45) is 0 Å². The predicted molar refractivity (Wildman–Crippen MR) is 121 cm³/mol. The van der Waals surface area contributed by atoms with Crippen molar-refractivity contribution < 1.29 is 17.4 Å². The normalized spacial score (nSPS) is 17.6. The molecule has 6 nitrogen and oxygen atoms in total. The lowest BCUT2D eigenvalue weighted by Gasteiger charge is -2.37. The maximum absolute atomic E-state index is 12.6. The Labute approximate surface area is 182 Å². The maximum Gasteiger partial charge on any atom is 0.306 e. The topological polar surface area (TPSA) is 66.9 Å². The first-order chi connectivity index (χ1) is 14.2. The van der Waals surface area contributed by atoms with Crippen molar-refractivity contribution in [3.63, 3.8) is 0 Å². The van der Waals surface area contributed by atoms with Crippen LogP contribution in [0.15, 0.2) is 24.3 Å². The zero-order valence-corrected chi connectivity index (χ0v) is 19.8. The molecule has 0 radical (unpaired) electrons. The van der Waals surface area contributed by atoms with Gasteiger partial charge in [-0.25, -0.2) is 0 Å². The van der Waals surface area contributed by atoms with Gasteiger partial charge < -0.3 is 9.08 Å². The number of amides is 1. The highest BCUT2D eigenvalue weighted by Crippen LogP contribution is 2.20. The van der Waals surface area contributed by atoms with Crippen LogP contribution in [0.25, 0.3) is 0 Å². The Bertz CT molecular complexity index is 764. The summed E-state index contributed by atoms with van der Waals surface area (Å²) in [5.41, 5.74) is 1.14. The van der Waals surface area contributed by atoms with Crippen LogP contribution in [0.5, 0.6) is 5.75 Å². The van der Waals surface area contributed by atoms with E-state index in [4.69, 9.17) is 4.18 Å². The number of nitrogens with zero attached hydrogens (tertiary/aromatic N) is 2. The average Bonchev–Trinajstić information content (AvgIpc) is 2.90. The zero-order chi connectivity index (χ0) is 22.1. The molecule has 1 saturated heterocycles. The smallest absolute Gasteiger partial charge is 0.306 e. The van der Waals surface area contributed by atoms with E-state index in [0.717, 1.165) is 70.0 Å². The molecule has 1 aromatic carbocycles. The number of carbonyl (C=O) groups is 1. The summed E-state index contributed by atoms with van der Waals surface area (Å²) in [6, 6.07) is 7.85. The molecule has 0 N–H and O–H groups in total. The van der Waals surface area contributed by atoms with Crippen molar-refractivity contribution in [2.75, 3.05) is 25.9 Å². The molecule has 0 aromatic heterocycles. The van der Waals surface area contributed by atoms with Crippen molar-refractivity contribution in [3.05, 3.63) is 29.8 Å². The minimum atomic E-state index is -3.51. The number of rotatable bonds is 11. The largest absolute Gasteiger partial charge is 0.383 e. The monoisotopic (exact) mass is 438 g/mol. The fraction of sp³-hybridized carbons (Fsp3) is 0.696. The molecular weight excluding hydrogens is 400 g/mol. The Kier molecular flexibility index (Phi) is 9.62. The van der Waals surface area contributed by atoms with Crippen molar-refractivity contribution in [3.8, 4) is 5.75 Å². The van der Waals surface area contributed by atoms with Gasteiger partial charge in [0.05, 0.1) is 6.26 Å². The molecule has 0 spiro atoms. The van der Waals surface area contributed by atoms with Gasteiger partial charge in [0, 0.05) is 31.6 Å². The Morgan fingerprint density at radius 3 is 2.43 bits per heavy atom. The number of benzene rings is 1. The van der Waals surface area contributed by atoms with E-state index in [1.165, 1.54) is 0 Å². The van der Waals surface area contributed by atoms with E-state index in [1.807, 2.05) is 12.1 Å². The van der Waals surface area contributed by atoms with E-state index in [9.17, 15) is 13.2 Å². The van der Waals surface area contributed by atoms with Gasteiger partial charge in [0.15, 0.2) is 0 Å². The maximum atomic E-state index is 12.6. The van der Waals surface area contributed by atoms with Crippen molar-refractivity contribution in [2.45, 2.75) is 77.8 Å². The first-order valence-electron chi connectivity index (χ1n) is 11.2. The molecule has 7 heteroatoms. The number of hydrogen-bond donors (Lipinski definition) is 0. The molecule has 2 atom stereocenters. The lowest BCUT2D eigenvalue weighted by Crippen LogP contribution is -2.49. The van der Waals surface area contributed by atoms with Gasteiger partial charge in [0.25, 0.3) is 0 Å². The third-order valence-corrected chi connectivity index (χ3v) is 6.30. The van der Waals surface area contributed by atoms with Crippen molar-refractivity contribution in [1.29, 1.82) is 0 Å². The van der Waals surface area contributed by atoms with E-state index in [2.05, 4.69) is 30.6 Å².